The number of carbonyl (C=O) groups excluding carboxylic acids is 1. The average molecular weight is 285 g/mol. The van der Waals surface area contributed by atoms with Gasteiger partial charge in [0.25, 0.3) is 0 Å². The number of nitrogens with one attached hydrogen (secondary N) is 1. The molecule has 0 aliphatic carbocycles. The number of para-hydroxylation sites is 1. The zero-order valence-electron chi connectivity index (χ0n) is 11.8. The van der Waals surface area contributed by atoms with E-state index in [0.717, 1.165) is 15.6 Å². The summed E-state index contributed by atoms with van der Waals surface area (Å²) in [6.07, 6.45) is 1.43. The van der Waals surface area contributed by atoms with Gasteiger partial charge in [-0.15, -0.1) is 5.10 Å². The summed E-state index contributed by atoms with van der Waals surface area (Å²) in [4.78, 5) is 28.2. The Labute approximate surface area is 120 Å². The molecule has 0 saturated carbocycles. The van der Waals surface area contributed by atoms with Crippen LogP contribution in [0.2, 0.25) is 0 Å². The Hall–Kier alpha value is -2.70. The molecule has 3 rings (SSSR count). The van der Waals surface area contributed by atoms with Gasteiger partial charge >= 0.3 is 5.69 Å². The third-order valence-electron chi connectivity index (χ3n) is 3.07. The molecule has 1 aromatic carbocycles. The molecular weight excluding hydrogens is 270 g/mol. The topological polar surface area (TPSA) is 81.3 Å². The van der Waals surface area contributed by atoms with Gasteiger partial charge in [0.15, 0.2) is 5.65 Å². The van der Waals surface area contributed by atoms with Crippen LogP contribution in [0.1, 0.15) is 13.8 Å². The summed E-state index contributed by atoms with van der Waals surface area (Å²) in [6.45, 7) is 3.62. The van der Waals surface area contributed by atoms with Crippen LogP contribution in [0.4, 0.5) is 0 Å². The van der Waals surface area contributed by atoms with Crippen LogP contribution < -0.4 is 11.0 Å². The van der Waals surface area contributed by atoms with Crippen molar-refractivity contribution in [2.45, 2.75) is 26.4 Å². The fourth-order valence-electron chi connectivity index (χ4n) is 2.21. The van der Waals surface area contributed by atoms with Crippen LogP contribution in [-0.2, 0) is 11.3 Å². The first kappa shape index (κ1) is 13.3. The van der Waals surface area contributed by atoms with Crippen LogP contribution in [0.15, 0.2) is 35.4 Å². The van der Waals surface area contributed by atoms with Crippen molar-refractivity contribution in [1.29, 1.82) is 0 Å². The minimum absolute atomic E-state index is 0.0210. The molecule has 0 unspecified atom stereocenters. The highest BCUT2D eigenvalue weighted by atomic mass is 16.2. The van der Waals surface area contributed by atoms with Crippen molar-refractivity contribution < 1.29 is 4.79 Å². The summed E-state index contributed by atoms with van der Waals surface area (Å²) in [6, 6.07) is 7.45. The maximum atomic E-state index is 12.2. The molecule has 0 atom stereocenters. The minimum atomic E-state index is -0.373. The fourth-order valence-corrected chi connectivity index (χ4v) is 2.21. The fraction of sp³-hybridized carbons (Fsp3) is 0.286. The SMILES string of the molecule is CC(C)NC(=O)Cn1nc2c3ccccc3ncn2c1=O. The van der Waals surface area contributed by atoms with Crippen molar-refractivity contribution >= 4 is 22.5 Å². The van der Waals surface area contributed by atoms with E-state index >= 15 is 0 Å². The van der Waals surface area contributed by atoms with Crippen LogP contribution in [-0.4, -0.2) is 31.1 Å². The van der Waals surface area contributed by atoms with Crippen molar-refractivity contribution in [3.63, 3.8) is 0 Å². The molecule has 0 radical (unpaired) electrons. The lowest BCUT2D eigenvalue weighted by atomic mass is 10.2. The van der Waals surface area contributed by atoms with E-state index in [0.29, 0.717) is 5.65 Å². The molecule has 21 heavy (non-hydrogen) atoms. The molecule has 3 aromatic rings. The van der Waals surface area contributed by atoms with Gasteiger partial charge in [-0.1, -0.05) is 12.1 Å². The number of hydrogen-bond donors (Lipinski definition) is 1. The molecule has 7 nitrogen and oxygen atoms in total. The normalized spacial score (nSPS) is 11.4. The lowest BCUT2D eigenvalue weighted by molar-refractivity contribution is -0.122. The summed E-state index contributed by atoms with van der Waals surface area (Å²) in [5.74, 6) is -0.243. The van der Waals surface area contributed by atoms with Gasteiger partial charge in [-0.25, -0.2) is 18.9 Å². The van der Waals surface area contributed by atoms with E-state index in [-0.39, 0.29) is 24.2 Å². The third-order valence-corrected chi connectivity index (χ3v) is 3.07. The second-order valence-corrected chi connectivity index (χ2v) is 5.12. The van der Waals surface area contributed by atoms with Crippen molar-refractivity contribution in [3.8, 4) is 0 Å². The molecule has 0 aliphatic rings. The van der Waals surface area contributed by atoms with E-state index in [1.54, 1.807) is 0 Å². The molecule has 0 spiro atoms. The van der Waals surface area contributed by atoms with Crippen LogP contribution in [0, 0.1) is 0 Å². The summed E-state index contributed by atoms with van der Waals surface area (Å²) in [5, 5.41) is 7.77. The highest BCUT2D eigenvalue weighted by Gasteiger charge is 2.13. The van der Waals surface area contributed by atoms with E-state index in [1.165, 1.54) is 10.7 Å². The maximum Gasteiger partial charge on any atom is 0.352 e. The summed E-state index contributed by atoms with van der Waals surface area (Å²) < 4.78 is 2.51. The van der Waals surface area contributed by atoms with Crippen molar-refractivity contribution in [2.24, 2.45) is 0 Å². The number of hydrogen-bond acceptors (Lipinski definition) is 4. The molecule has 1 amide bonds. The summed E-state index contributed by atoms with van der Waals surface area (Å²) in [5.41, 5.74) is 0.888. The molecule has 0 aliphatic heterocycles. The van der Waals surface area contributed by atoms with Gasteiger partial charge in [-0.2, -0.15) is 0 Å². The molecular formula is C14H15N5O2. The van der Waals surface area contributed by atoms with Gasteiger partial charge in [0.1, 0.15) is 12.9 Å². The number of amides is 1. The average Bonchev–Trinajstić information content (AvgIpc) is 2.75. The summed E-state index contributed by atoms with van der Waals surface area (Å²) >= 11 is 0. The zero-order chi connectivity index (χ0) is 15.0. The second-order valence-electron chi connectivity index (χ2n) is 5.12. The Morgan fingerprint density at radius 2 is 2.10 bits per heavy atom. The smallest absolute Gasteiger partial charge is 0.352 e. The Bertz CT molecular complexity index is 878. The van der Waals surface area contributed by atoms with Gasteiger partial charge in [-0.3, -0.25) is 4.79 Å². The quantitative estimate of drug-likeness (QED) is 0.762. The third kappa shape index (κ3) is 2.37. The molecule has 0 fully saturated rings. The Kier molecular flexibility index (Phi) is 3.17. The predicted octanol–water partition coefficient (Wildman–Crippen LogP) is 0.569. The maximum absolute atomic E-state index is 12.2. The Morgan fingerprint density at radius 1 is 1.33 bits per heavy atom. The predicted molar refractivity (Wildman–Crippen MR) is 78.0 cm³/mol. The highest BCUT2D eigenvalue weighted by molar-refractivity contribution is 5.90. The number of aromatic nitrogens is 4. The number of fused-ring (bicyclic) bond motifs is 3. The molecule has 1 N–H and O–H groups in total. The van der Waals surface area contributed by atoms with Gasteiger partial charge in [0, 0.05) is 11.4 Å². The first-order valence-corrected chi connectivity index (χ1v) is 6.68. The molecule has 108 valence electrons. The van der Waals surface area contributed by atoms with E-state index in [2.05, 4.69) is 15.4 Å². The number of carbonyl (C=O) groups is 1. The zero-order valence-corrected chi connectivity index (χ0v) is 11.8. The monoisotopic (exact) mass is 285 g/mol. The van der Waals surface area contributed by atoms with Crippen LogP contribution in [0.5, 0.6) is 0 Å². The second kappa shape index (κ2) is 5.01. The molecule has 2 heterocycles. The Balaban J connectivity index is 2.09. The number of benzene rings is 1. The first-order chi connectivity index (χ1) is 10.1. The Morgan fingerprint density at radius 3 is 2.86 bits per heavy atom. The molecule has 7 heteroatoms. The van der Waals surface area contributed by atoms with E-state index in [1.807, 2.05) is 38.1 Å². The van der Waals surface area contributed by atoms with E-state index < -0.39 is 0 Å². The van der Waals surface area contributed by atoms with Gasteiger partial charge in [-0.05, 0) is 26.0 Å². The highest BCUT2D eigenvalue weighted by Crippen LogP contribution is 2.14. The van der Waals surface area contributed by atoms with E-state index in [9.17, 15) is 9.59 Å². The van der Waals surface area contributed by atoms with Crippen LogP contribution in [0.25, 0.3) is 16.6 Å². The van der Waals surface area contributed by atoms with Crippen LogP contribution in [0.3, 0.4) is 0 Å². The lowest BCUT2D eigenvalue weighted by Gasteiger charge is -2.06. The molecule has 0 saturated heterocycles. The van der Waals surface area contributed by atoms with Crippen molar-refractivity contribution in [3.05, 3.63) is 41.1 Å². The molecule has 0 bridgehead atoms. The van der Waals surface area contributed by atoms with Crippen molar-refractivity contribution in [2.75, 3.05) is 0 Å². The van der Waals surface area contributed by atoms with Crippen LogP contribution >= 0.6 is 0 Å². The number of rotatable bonds is 3. The van der Waals surface area contributed by atoms with Gasteiger partial charge < -0.3 is 5.32 Å². The first-order valence-electron chi connectivity index (χ1n) is 6.68. The van der Waals surface area contributed by atoms with Crippen molar-refractivity contribution in [1.82, 2.24) is 24.5 Å². The van der Waals surface area contributed by atoms with E-state index in [4.69, 9.17) is 0 Å². The van der Waals surface area contributed by atoms with Gasteiger partial charge in [0.05, 0.1) is 5.52 Å². The largest absolute Gasteiger partial charge is 0.352 e. The standard InChI is InChI=1S/C14H15N5O2/c1-9(2)16-12(20)7-19-14(21)18-8-15-11-6-4-3-5-10(11)13(18)17-19/h3-6,8-9H,7H2,1-2H3,(H,16,20). The minimum Gasteiger partial charge on any atom is -0.352 e. The van der Waals surface area contributed by atoms with Gasteiger partial charge in [0.2, 0.25) is 5.91 Å². The molecule has 2 aromatic heterocycles. The number of nitrogens with zero attached hydrogens (tertiary/aromatic N) is 4. The lowest BCUT2D eigenvalue weighted by Crippen LogP contribution is -2.36. The summed E-state index contributed by atoms with van der Waals surface area (Å²) in [7, 11) is 0.